The summed E-state index contributed by atoms with van der Waals surface area (Å²) in [5.74, 6) is -2.23. The van der Waals surface area contributed by atoms with Gasteiger partial charge in [0.05, 0.1) is 5.56 Å². The fourth-order valence-corrected chi connectivity index (χ4v) is 3.47. The van der Waals surface area contributed by atoms with Crippen LogP contribution >= 0.6 is 0 Å². The van der Waals surface area contributed by atoms with Crippen molar-refractivity contribution >= 4 is 17.4 Å². The van der Waals surface area contributed by atoms with E-state index in [0.717, 1.165) is 18.2 Å². The highest BCUT2D eigenvalue weighted by Gasteiger charge is 2.26. The molecule has 0 saturated carbocycles. The summed E-state index contributed by atoms with van der Waals surface area (Å²) in [6.45, 7) is 3.21. The zero-order chi connectivity index (χ0) is 23.7. The molecule has 168 valence electrons. The molecule has 2 heterocycles. The van der Waals surface area contributed by atoms with Crippen LogP contribution in [0.4, 0.5) is 14.5 Å². The van der Waals surface area contributed by atoms with E-state index < -0.39 is 17.5 Å². The third kappa shape index (κ3) is 4.38. The molecule has 0 aliphatic carbocycles. The summed E-state index contributed by atoms with van der Waals surface area (Å²) >= 11 is 0. The van der Waals surface area contributed by atoms with Crippen molar-refractivity contribution in [2.75, 3.05) is 11.9 Å². The van der Waals surface area contributed by atoms with Crippen LogP contribution in [0, 0.1) is 11.6 Å². The molecule has 9 heteroatoms. The number of nitrogens with zero attached hydrogens (tertiary/aromatic N) is 1. The van der Waals surface area contributed by atoms with Crippen LogP contribution in [-0.4, -0.2) is 22.9 Å². The van der Waals surface area contributed by atoms with Gasteiger partial charge in [-0.15, -0.1) is 0 Å². The van der Waals surface area contributed by atoms with Crippen molar-refractivity contribution in [3.8, 4) is 28.4 Å². The minimum Gasteiger partial charge on any atom is -0.485 e. The van der Waals surface area contributed by atoms with Crippen molar-refractivity contribution in [3.63, 3.8) is 0 Å². The van der Waals surface area contributed by atoms with E-state index in [2.05, 4.69) is 11.9 Å². The van der Waals surface area contributed by atoms with E-state index in [9.17, 15) is 23.2 Å². The lowest BCUT2D eigenvalue weighted by Crippen LogP contribution is -2.30. The lowest BCUT2D eigenvalue weighted by Gasteiger charge is -2.22. The highest BCUT2D eigenvalue weighted by Crippen LogP contribution is 2.42. The smallest absolute Gasteiger partial charge is 0.257 e. The average molecular weight is 452 g/mol. The van der Waals surface area contributed by atoms with Crippen LogP contribution in [0.5, 0.6) is 17.2 Å². The van der Waals surface area contributed by atoms with Crippen LogP contribution in [0.25, 0.3) is 11.1 Å². The SMILES string of the molecule is C=CC(=O)Nc1ccc(Oc2ccc(F)cc2F)c(-c2cn(C)c(=O)c3c2OCC(=O)C3)c1. The van der Waals surface area contributed by atoms with Gasteiger partial charge in [-0.3, -0.25) is 14.4 Å². The number of pyridine rings is 1. The maximum absolute atomic E-state index is 14.3. The number of hydrogen-bond acceptors (Lipinski definition) is 5. The van der Waals surface area contributed by atoms with Gasteiger partial charge < -0.3 is 19.4 Å². The van der Waals surface area contributed by atoms with Crippen molar-refractivity contribution < 1.29 is 27.8 Å². The molecule has 0 radical (unpaired) electrons. The number of anilines is 1. The number of aromatic nitrogens is 1. The van der Waals surface area contributed by atoms with Crippen LogP contribution in [0.3, 0.4) is 0 Å². The van der Waals surface area contributed by atoms with Crippen molar-refractivity contribution in [3.05, 3.63) is 82.8 Å². The number of fused-ring (bicyclic) bond motifs is 1. The second-order valence-electron chi connectivity index (χ2n) is 7.35. The molecule has 1 N–H and O–H groups in total. The standard InChI is InChI=1S/C24H18F2N2O5/c1-3-22(30)27-14-5-7-20(33-21-6-4-13(25)8-19(21)26)16(9-14)18-11-28(2)24(31)17-10-15(29)12-32-23(17)18/h3-9,11H,1,10,12H2,2H3,(H,27,30). The number of amides is 1. The van der Waals surface area contributed by atoms with Gasteiger partial charge in [-0.25, -0.2) is 8.78 Å². The van der Waals surface area contributed by atoms with E-state index >= 15 is 0 Å². The molecule has 0 bridgehead atoms. The van der Waals surface area contributed by atoms with Crippen LogP contribution in [0.2, 0.25) is 0 Å². The molecule has 1 amide bonds. The largest absolute Gasteiger partial charge is 0.485 e. The van der Waals surface area contributed by atoms with Crippen molar-refractivity contribution in [1.82, 2.24) is 4.57 Å². The van der Waals surface area contributed by atoms with E-state index in [4.69, 9.17) is 9.47 Å². The molecular weight excluding hydrogens is 434 g/mol. The van der Waals surface area contributed by atoms with E-state index in [0.29, 0.717) is 22.9 Å². The Morgan fingerprint density at radius 1 is 1.15 bits per heavy atom. The van der Waals surface area contributed by atoms with Crippen LogP contribution in [0.1, 0.15) is 5.56 Å². The second-order valence-corrected chi connectivity index (χ2v) is 7.35. The molecule has 33 heavy (non-hydrogen) atoms. The summed E-state index contributed by atoms with van der Waals surface area (Å²) in [7, 11) is 1.52. The van der Waals surface area contributed by atoms with Crippen LogP contribution < -0.4 is 20.3 Å². The molecule has 0 atom stereocenters. The van der Waals surface area contributed by atoms with Crippen LogP contribution in [-0.2, 0) is 23.1 Å². The molecule has 1 aliphatic rings. The monoisotopic (exact) mass is 452 g/mol. The predicted molar refractivity (Wildman–Crippen MR) is 117 cm³/mol. The average Bonchev–Trinajstić information content (AvgIpc) is 2.79. The summed E-state index contributed by atoms with van der Waals surface area (Å²) in [4.78, 5) is 36.3. The normalized spacial score (nSPS) is 12.5. The summed E-state index contributed by atoms with van der Waals surface area (Å²) in [5.41, 5.74) is 0.917. The summed E-state index contributed by atoms with van der Waals surface area (Å²) in [6.07, 6.45) is 2.51. The molecule has 3 aromatic rings. The zero-order valence-corrected chi connectivity index (χ0v) is 17.5. The summed E-state index contributed by atoms with van der Waals surface area (Å²) < 4.78 is 40.2. The minimum absolute atomic E-state index is 0.0917. The Hall–Kier alpha value is -4.27. The molecule has 7 nitrogen and oxygen atoms in total. The zero-order valence-electron chi connectivity index (χ0n) is 17.5. The lowest BCUT2D eigenvalue weighted by atomic mass is 9.98. The van der Waals surface area contributed by atoms with E-state index in [1.54, 1.807) is 6.07 Å². The Balaban J connectivity index is 1.91. The Bertz CT molecular complexity index is 1360. The third-order valence-corrected chi connectivity index (χ3v) is 5.01. The summed E-state index contributed by atoms with van der Waals surface area (Å²) in [5, 5.41) is 2.63. The van der Waals surface area contributed by atoms with Crippen molar-refractivity contribution in [2.24, 2.45) is 7.05 Å². The molecule has 4 rings (SSSR count). The maximum Gasteiger partial charge on any atom is 0.257 e. The quantitative estimate of drug-likeness (QED) is 0.596. The minimum atomic E-state index is -0.908. The van der Waals surface area contributed by atoms with Gasteiger partial charge in [-0.1, -0.05) is 6.58 Å². The number of Topliss-reactive ketones (excluding diaryl/α,β-unsaturated/α-hetero) is 1. The molecule has 0 saturated heterocycles. The molecule has 1 aromatic heterocycles. The number of carbonyl (C=O) groups is 2. The Morgan fingerprint density at radius 2 is 1.91 bits per heavy atom. The Labute approximate surface area is 186 Å². The van der Waals surface area contributed by atoms with E-state index in [1.165, 1.54) is 29.9 Å². The van der Waals surface area contributed by atoms with Gasteiger partial charge in [0.2, 0.25) is 5.91 Å². The van der Waals surface area contributed by atoms with E-state index in [1.807, 2.05) is 0 Å². The molecule has 1 aliphatic heterocycles. The maximum atomic E-state index is 14.3. The van der Waals surface area contributed by atoms with Gasteiger partial charge in [0.1, 0.15) is 23.9 Å². The van der Waals surface area contributed by atoms with Crippen molar-refractivity contribution in [1.29, 1.82) is 0 Å². The number of ether oxygens (including phenoxy) is 2. The third-order valence-electron chi connectivity index (χ3n) is 5.01. The number of carbonyl (C=O) groups excluding carboxylic acids is 2. The van der Waals surface area contributed by atoms with Gasteiger partial charge in [0, 0.05) is 42.5 Å². The van der Waals surface area contributed by atoms with Crippen LogP contribution in [0.15, 0.2) is 60.0 Å². The highest BCUT2D eigenvalue weighted by molar-refractivity contribution is 5.99. The molecular formula is C24H18F2N2O5. The van der Waals surface area contributed by atoms with E-state index in [-0.39, 0.29) is 47.2 Å². The molecule has 0 fully saturated rings. The number of halogens is 2. The number of nitrogens with one attached hydrogen (secondary N) is 1. The predicted octanol–water partition coefficient (Wildman–Crippen LogP) is 3.75. The number of benzene rings is 2. The van der Waals surface area contributed by atoms with Gasteiger partial charge in [0.25, 0.3) is 5.56 Å². The Kier molecular flexibility index (Phi) is 5.78. The van der Waals surface area contributed by atoms with Crippen molar-refractivity contribution in [2.45, 2.75) is 6.42 Å². The second kappa shape index (κ2) is 8.70. The molecule has 0 unspecified atom stereocenters. The lowest BCUT2D eigenvalue weighted by molar-refractivity contribution is -0.121. The van der Waals surface area contributed by atoms with Gasteiger partial charge >= 0.3 is 0 Å². The molecule has 2 aromatic carbocycles. The number of aryl methyl sites for hydroxylation is 1. The fraction of sp³-hybridized carbons (Fsp3) is 0.125. The highest BCUT2D eigenvalue weighted by atomic mass is 19.1. The molecule has 0 spiro atoms. The Morgan fingerprint density at radius 3 is 2.64 bits per heavy atom. The first-order chi connectivity index (χ1) is 15.8. The van der Waals surface area contributed by atoms with Gasteiger partial charge in [-0.05, 0) is 36.4 Å². The number of ketones is 1. The number of hydrogen-bond donors (Lipinski definition) is 1. The van der Waals surface area contributed by atoms with Gasteiger partial charge in [0.15, 0.2) is 17.3 Å². The topological polar surface area (TPSA) is 86.6 Å². The summed E-state index contributed by atoms with van der Waals surface area (Å²) in [6, 6.07) is 7.46. The first kappa shape index (κ1) is 21.9. The first-order valence-electron chi connectivity index (χ1n) is 9.84. The fourth-order valence-electron chi connectivity index (χ4n) is 3.47. The van der Waals surface area contributed by atoms with Gasteiger partial charge in [-0.2, -0.15) is 0 Å². The number of rotatable bonds is 5. The first-order valence-corrected chi connectivity index (χ1v) is 9.84.